The number of ketones is 1. The lowest BCUT2D eigenvalue weighted by Crippen LogP contribution is -2.16. The van der Waals surface area contributed by atoms with Crippen molar-refractivity contribution in [3.8, 4) is 0 Å². The fourth-order valence-corrected chi connectivity index (χ4v) is 3.16. The molecule has 3 heterocycles. The van der Waals surface area contributed by atoms with Crippen LogP contribution in [0.3, 0.4) is 0 Å². The summed E-state index contributed by atoms with van der Waals surface area (Å²) >= 11 is 0. The van der Waals surface area contributed by atoms with Gasteiger partial charge in [-0.15, -0.1) is 0 Å². The minimum absolute atomic E-state index is 0.190. The molecule has 0 aliphatic rings. The number of pyridine rings is 1. The minimum Gasteiger partial charge on any atom is -0.335 e. The lowest BCUT2D eigenvalue weighted by molar-refractivity contribution is -0.115. The van der Waals surface area contributed by atoms with E-state index in [1.165, 1.54) is 31.0 Å². The van der Waals surface area contributed by atoms with E-state index in [2.05, 4.69) is 20.3 Å². The molecular formula is C21H14F3N5O2. The highest BCUT2D eigenvalue weighted by Crippen LogP contribution is 2.22. The number of aromatic nitrogens is 4. The molecule has 0 radical (unpaired) electrons. The van der Waals surface area contributed by atoms with Crippen molar-refractivity contribution in [2.24, 2.45) is 7.05 Å². The standard InChI is InChI=1S/C21H14F3N5O2/c1-29-9-15(14-8-26-10-27-21(14)29)20(31)12-2-13(7-25-6-12)28-19(30)4-11-3-17(23)18(24)5-16(11)22/h2-3,5-10H,4H2,1H3,(H,28,30). The van der Waals surface area contributed by atoms with E-state index in [-0.39, 0.29) is 22.6 Å². The molecule has 1 N–H and O–H groups in total. The van der Waals surface area contributed by atoms with Crippen molar-refractivity contribution >= 4 is 28.4 Å². The third-order valence-corrected chi connectivity index (χ3v) is 4.61. The largest absolute Gasteiger partial charge is 0.335 e. The molecule has 10 heteroatoms. The van der Waals surface area contributed by atoms with E-state index in [1.807, 2.05) is 0 Å². The molecule has 0 aliphatic heterocycles. The van der Waals surface area contributed by atoms with Gasteiger partial charge < -0.3 is 9.88 Å². The van der Waals surface area contributed by atoms with Gasteiger partial charge in [-0.1, -0.05) is 0 Å². The zero-order valence-electron chi connectivity index (χ0n) is 16.1. The number of hydrogen-bond donors (Lipinski definition) is 1. The molecule has 0 aliphatic carbocycles. The number of amides is 1. The second kappa shape index (κ2) is 7.98. The fraction of sp³-hybridized carbons (Fsp3) is 0.0952. The molecule has 31 heavy (non-hydrogen) atoms. The Morgan fingerprint density at radius 3 is 2.58 bits per heavy atom. The van der Waals surface area contributed by atoms with Gasteiger partial charge in [0.05, 0.1) is 23.9 Å². The quantitative estimate of drug-likeness (QED) is 0.392. The first-order valence-electron chi connectivity index (χ1n) is 9.01. The Bertz CT molecular complexity index is 1340. The summed E-state index contributed by atoms with van der Waals surface area (Å²) in [5.74, 6) is -4.66. The van der Waals surface area contributed by atoms with Crippen LogP contribution in [0.15, 0.2) is 49.3 Å². The van der Waals surface area contributed by atoms with Crippen LogP contribution in [0.5, 0.6) is 0 Å². The topological polar surface area (TPSA) is 89.8 Å². The lowest BCUT2D eigenvalue weighted by atomic mass is 10.1. The fourth-order valence-electron chi connectivity index (χ4n) is 3.16. The van der Waals surface area contributed by atoms with Gasteiger partial charge in [0.2, 0.25) is 5.91 Å². The van der Waals surface area contributed by atoms with Gasteiger partial charge in [0.15, 0.2) is 17.4 Å². The number of nitrogens with zero attached hydrogens (tertiary/aromatic N) is 4. The van der Waals surface area contributed by atoms with Gasteiger partial charge in [-0.05, 0) is 12.1 Å². The van der Waals surface area contributed by atoms with Gasteiger partial charge in [-0.25, -0.2) is 23.1 Å². The molecule has 0 saturated carbocycles. The van der Waals surface area contributed by atoms with Crippen LogP contribution in [-0.2, 0) is 18.3 Å². The first-order chi connectivity index (χ1) is 14.8. The maximum absolute atomic E-state index is 13.8. The van der Waals surface area contributed by atoms with Crippen LogP contribution in [0.25, 0.3) is 11.0 Å². The van der Waals surface area contributed by atoms with Crippen molar-refractivity contribution in [3.05, 3.63) is 83.5 Å². The average molecular weight is 425 g/mol. The van der Waals surface area contributed by atoms with Gasteiger partial charge in [0, 0.05) is 48.2 Å². The first-order valence-corrected chi connectivity index (χ1v) is 9.01. The van der Waals surface area contributed by atoms with E-state index in [1.54, 1.807) is 17.8 Å². The number of carbonyl (C=O) groups excluding carboxylic acids is 2. The van der Waals surface area contributed by atoms with Gasteiger partial charge in [0.1, 0.15) is 17.8 Å². The van der Waals surface area contributed by atoms with E-state index in [0.29, 0.717) is 28.7 Å². The molecule has 0 bridgehead atoms. The predicted octanol–water partition coefficient (Wildman–Crippen LogP) is 3.19. The smallest absolute Gasteiger partial charge is 0.228 e. The van der Waals surface area contributed by atoms with Crippen LogP contribution in [0.2, 0.25) is 0 Å². The molecule has 0 unspecified atom stereocenters. The molecule has 1 amide bonds. The van der Waals surface area contributed by atoms with Crippen molar-refractivity contribution in [1.82, 2.24) is 19.5 Å². The number of hydrogen-bond acceptors (Lipinski definition) is 5. The number of anilines is 1. The van der Waals surface area contributed by atoms with Crippen LogP contribution in [-0.4, -0.2) is 31.2 Å². The van der Waals surface area contributed by atoms with Crippen LogP contribution in [0, 0.1) is 17.5 Å². The monoisotopic (exact) mass is 425 g/mol. The molecule has 4 aromatic rings. The summed E-state index contributed by atoms with van der Waals surface area (Å²) in [6, 6.07) is 2.43. The molecule has 0 atom stereocenters. The van der Waals surface area contributed by atoms with Crippen LogP contribution in [0.4, 0.5) is 18.9 Å². The molecule has 0 fully saturated rings. The van der Waals surface area contributed by atoms with Crippen molar-refractivity contribution in [2.45, 2.75) is 6.42 Å². The van der Waals surface area contributed by atoms with Crippen molar-refractivity contribution in [2.75, 3.05) is 5.32 Å². The second-order valence-corrected chi connectivity index (χ2v) is 6.79. The van der Waals surface area contributed by atoms with Crippen molar-refractivity contribution in [3.63, 3.8) is 0 Å². The number of rotatable bonds is 5. The van der Waals surface area contributed by atoms with E-state index in [0.717, 1.165) is 0 Å². The Balaban J connectivity index is 1.55. The van der Waals surface area contributed by atoms with Gasteiger partial charge in [-0.2, -0.15) is 0 Å². The zero-order valence-corrected chi connectivity index (χ0v) is 16.1. The normalized spacial score (nSPS) is 11.0. The van der Waals surface area contributed by atoms with Crippen LogP contribution < -0.4 is 5.32 Å². The number of halogens is 3. The number of carbonyl (C=O) groups is 2. The number of fused-ring (bicyclic) bond motifs is 1. The third-order valence-electron chi connectivity index (χ3n) is 4.61. The number of benzene rings is 1. The Morgan fingerprint density at radius 1 is 1.00 bits per heavy atom. The van der Waals surface area contributed by atoms with Crippen LogP contribution in [0.1, 0.15) is 21.5 Å². The first kappa shape index (κ1) is 20.2. The minimum atomic E-state index is -1.34. The average Bonchev–Trinajstić information content (AvgIpc) is 3.08. The summed E-state index contributed by atoms with van der Waals surface area (Å²) in [5.41, 5.74) is 1.05. The summed E-state index contributed by atoms with van der Waals surface area (Å²) < 4.78 is 41.8. The summed E-state index contributed by atoms with van der Waals surface area (Å²) in [6.07, 6.45) is 6.66. The molecule has 0 spiro atoms. The SMILES string of the molecule is Cn1cc(C(=O)c2cncc(NC(=O)Cc3cc(F)c(F)cc3F)c2)c2cncnc21. The number of aryl methyl sites for hydroxylation is 1. The van der Waals surface area contributed by atoms with Crippen LogP contribution >= 0.6 is 0 Å². The maximum Gasteiger partial charge on any atom is 0.228 e. The van der Waals surface area contributed by atoms with Gasteiger partial charge in [0.25, 0.3) is 0 Å². The molecule has 0 saturated heterocycles. The Labute approximate surface area is 173 Å². The summed E-state index contributed by atoms with van der Waals surface area (Å²) in [7, 11) is 1.75. The summed E-state index contributed by atoms with van der Waals surface area (Å²) in [5, 5.41) is 3.04. The molecule has 4 rings (SSSR count). The lowest BCUT2D eigenvalue weighted by Gasteiger charge is -2.08. The summed E-state index contributed by atoms with van der Waals surface area (Å²) in [4.78, 5) is 37.3. The highest BCUT2D eigenvalue weighted by atomic mass is 19.2. The van der Waals surface area contributed by atoms with E-state index in [4.69, 9.17) is 0 Å². The summed E-state index contributed by atoms with van der Waals surface area (Å²) in [6.45, 7) is 0. The highest BCUT2D eigenvalue weighted by molar-refractivity contribution is 6.16. The third kappa shape index (κ3) is 4.00. The molecule has 156 valence electrons. The maximum atomic E-state index is 13.8. The highest BCUT2D eigenvalue weighted by Gasteiger charge is 2.18. The van der Waals surface area contributed by atoms with E-state index >= 15 is 0 Å². The number of nitrogens with one attached hydrogen (secondary N) is 1. The Kier molecular flexibility index (Phi) is 5.20. The molecule has 1 aromatic carbocycles. The molecule has 3 aromatic heterocycles. The van der Waals surface area contributed by atoms with Crippen molar-refractivity contribution < 1.29 is 22.8 Å². The Hall–Kier alpha value is -4.08. The molecular weight excluding hydrogens is 411 g/mol. The Morgan fingerprint density at radius 2 is 1.77 bits per heavy atom. The zero-order chi connectivity index (χ0) is 22.1. The molecule has 7 nitrogen and oxygen atoms in total. The van der Waals surface area contributed by atoms with E-state index < -0.39 is 29.8 Å². The van der Waals surface area contributed by atoms with E-state index in [9.17, 15) is 22.8 Å². The van der Waals surface area contributed by atoms with Gasteiger partial charge >= 0.3 is 0 Å². The second-order valence-electron chi connectivity index (χ2n) is 6.79. The van der Waals surface area contributed by atoms with Crippen molar-refractivity contribution in [1.29, 1.82) is 0 Å². The predicted molar refractivity (Wildman–Crippen MR) is 105 cm³/mol. The van der Waals surface area contributed by atoms with Gasteiger partial charge in [-0.3, -0.25) is 14.6 Å².